The van der Waals surface area contributed by atoms with Gasteiger partial charge < -0.3 is 14.8 Å². The van der Waals surface area contributed by atoms with E-state index in [1.54, 1.807) is 0 Å². The van der Waals surface area contributed by atoms with Crippen LogP contribution in [-0.2, 0) is 4.79 Å². The first-order valence-corrected chi connectivity index (χ1v) is 11.5. The summed E-state index contributed by atoms with van der Waals surface area (Å²) in [6.45, 7) is 9.45. The number of benzene rings is 2. The van der Waals surface area contributed by atoms with Crippen molar-refractivity contribution in [3.8, 4) is 22.8 Å². The largest absolute Gasteiger partial charge is 0.494 e. The minimum atomic E-state index is -0.0502. The summed E-state index contributed by atoms with van der Waals surface area (Å²) in [7, 11) is 0. The van der Waals surface area contributed by atoms with Crippen molar-refractivity contribution in [2.75, 3.05) is 18.5 Å². The van der Waals surface area contributed by atoms with Gasteiger partial charge in [-0.1, -0.05) is 26.0 Å². The van der Waals surface area contributed by atoms with Gasteiger partial charge in [0.25, 0.3) is 0 Å². The molecule has 3 aromatic rings. The van der Waals surface area contributed by atoms with Gasteiger partial charge in [0.05, 0.1) is 18.9 Å². The molecule has 0 atom stereocenters. The molecule has 0 aliphatic carbocycles. The smallest absolute Gasteiger partial charge is 0.226 e. The Morgan fingerprint density at radius 1 is 1.03 bits per heavy atom. The molecule has 3 rings (SSSR count). The molecule has 0 aliphatic heterocycles. The summed E-state index contributed by atoms with van der Waals surface area (Å²) in [6, 6.07) is 16.0. The molecule has 1 heterocycles. The molecule has 0 saturated carbocycles. The SMILES string of the molecule is CCOc1ccc(-c2nc(NC(=O)CCCOc3ccc(C(C)C)cc3)sc2C)cc1. The highest BCUT2D eigenvalue weighted by Crippen LogP contribution is 2.31. The van der Waals surface area contributed by atoms with Gasteiger partial charge in [-0.15, -0.1) is 11.3 Å². The van der Waals surface area contributed by atoms with E-state index in [0.29, 0.717) is 37.1 Å². The standard InChI is InChI=1S/C25H30N2O3S/c1-5-29-21-14-10-20(11-15-21)24-18(4)31-25(27-24)26-23(28)7-6-16-30-22-12-8-19(9-13-22)17(2)3/h8-15,17H,5-7,16H2,1-4H3,(H,26,27,28). The Kier molecular flexibility index (Phi) is 8.06. The minimum absolute atomic E-state index is 0.0502. The monoisotopic (exact) mass is 438 g/mol. The molecule has 0 bridgehead atoms. The van der Waals surface area contributed by atoms with Crippen molar-refractivity contribution in [2.45, 2.75) is 46.5 Å². The third-order valence-electron chi connectivity index (χ3n) is 4.85. The summed E-state index contributed by atoms with van der Waals surface area (Å²) in [4.78, 5) is 18.0. The van der Waals surface area contributed by atoms with Crippen LogP contribution in [0.3, 0.4) is 0 Å². The Balaban J connectivity index is 1.46. The quantitative estimate of drug-likeness (QED) is 0.370. The van der Waals surface area contributed by atoms with E-state index >= 15 is 0 Å². The number of carbonyl (C=O) groups excluding carboxylic acids is 1. The van der Waals surface area contributed by atoms with E-state index in [1.807, 2.05) is 50.2 Å². The fourth-order valence-electron chi connectivity index (χ4n) is 3.15. The number of aryl methyl sites for hydroxylation is 1. The van der Waals surface area contributed by atoms with E-state index < -0.39 is 0 Å². The van der Waals surface area contributed by atoms with Crippen LogP contribution in [-0.4, -0.2) is 24.1 Å². The molecule has 1 aromatic heterocycles. The summed E-state index contributed by atoms with van der Waals surface area (Å²) in [5.41, 5.74) is 3.18. The van der Waals surface area contributed by atoms with Gasteiger partial charge in [-0.2, -0.15) is 0 Å². The van der Waals surface area contributed by atoms with Crippen LogP contribution in [0.5, 0.6) is 11.5 Å². The Morgan fingerprint density at radius 2 is 1.68 bits per heavy atom. The Hall–Kier alpha value is -2.86. The number of ether oxygens (including phenoxy) is 2. The zero-order valence-corrected chi connectivity index (χ0v) is 19.4. The van der Waals surface area contributed by atoms with Crippen LogP contribution in [0.4, 0.5) is 5.13 Å². The number of thiazole rings is 1. The third kappa shape index (κ3) is 6.56. The van der Waals surface area contributed by atoms with Gasteiger partial charge >= 0.3 is 0 Å². The number of anilines is 1. The fraction of sp³-hybridized carbons (Fsp3) is 0.360. The number of hydrogen-bond donors (Lipinski definition) is 1. The maximum absolute atomic E-state index is 12.3. The first kappa shape index (κ1) is 22.8. The summed E-state index contributed by atoms with van der Waals surface area (Å²) < 4.78 is 11.2. The number of hydrogen-bond acceptors (Lipinski definition) is 5. The number of amides is 1. The second-order valence-electron chi connectivity index (χ2n) is 7.61. The average Bonchev–Trinajstić information content (AvgIpc) is 3.12. The first-order chi connectivity index (χ1) is 15.0. The molecule has 6 heteroatoms. The lowest BCUT2D eigenvalue weighted by atomic mass is 10.0. The van der Waals surface area contributed by atoms with Crippen LogP contribution in [0.25, 0.3) is 11.3 Å². The fourth-order valence-corrected chi connectivity index (χ4v) is 4.00. The van der Waals surface area contributed by atoms with E-state index in [4.69, 9.17) is 9.47 Å². The molecule has 5 nitrogen and oxygen atoms in total. The van der Waals surface area contributed by atoms with Crippen molar-refractivity contribution in [3.63, 3.8) is 0 Å². The van der Waals surface area contributed by atoms with E-state index in [1.165, 1.54) is 16.9 Å². The molecule has 0 fully saturated rings. The molecule has 1 amide bonds. The highest BCUT2D eigenvalue weighted by atomic mass is 32.1. The molecule has 164 valence electrons. The molecule has 1 N–H and O–H groups in total. The second kappa shape index (κ2) is 11.0. The van der Waals surface area contributed by atoms with Gasteiger partial charge in [-0.3, -0.25) is 4.79 Å². The first-order valence-electron chi connectivity index (χ1n) is 10.7. The number of carbonyl (C=O) groups is 1. The van der Waals surface area contributed by atoms with Crippen LogP contribution in [0.2, 0.25) is 0 Å². The highest BCUT2D eigenvalue weighted by molar-refractivity contribution is 7.16. The zero-order chi connectivity index (χ0) is 22.2. The van der Waals surface area contributed by atoms with Gasteiger partial charge in [0.1, 0.15) is 11.5 Å². The molecule has 0 aliphatic rings. The van der Waals surface area contributed by atoms with Crippen molar-refractivity contribution in [1.82, 2.24) is 4.98 Å². The number of nitrogens with one attached hydrogen (secondary N) is 1. The van der Waals surface area contributed by atoms with Gasteiger partial charge in [-0.05, 0) is 68.1 Å². The lowest BCUT2D eigenvalue weighted by Gasteiger charge is -2.08. The maximum atomic E-state index is 12.3. The number of nitrogens with zero attached hydrogens (tertiary/aromatic N) is 1. The van der Waals surface area contributed by atoms with Crippen LogP contribution in [0, 0.1) is 6.92 Å². The third-order valence-corrected chi connectivity index (χ3v) is 5.73. The average molecular weight is 439 g/mol. The predicted octanol–water partition coefficient (Wildman–Crippen LogP) is 6.44. The molecule has 2 aromatic carbocycles. The van der Waals surface area contributed by atoms with E-state index in [9.17, 15) is 4.79 Å². The zero-order valence-electron chi connectivity index (χ0n) is 18.6. The molecular formula is C25H30N2O3S. The lowest BCUT2D eigenvalue weighted by Crippen LogP contribution is -2.12. The molecule has 31 heavy (non-hydrogen) atoms. The van der Waals surface area contributed by atoms with E-state index in [-0.39, 0.29) is 5.91 Å². The molecular weight excluding hydrogens is 408 g/mol. The molecule has 0 unspecified atom stereocenters. The minimum Gasteiger partial charge on any atom is -0.494 e. The maximum Gasteiger partial charge on any atom is 0.226 e. The van der Waals surface area contributed by atoms with Crippen molar-refractivity contribution in [3.05, 3.63) is 59.0 Å². The summed E-state index contributed by atoms with van der Waals surface area (Å²) in [5.74, 6) is 2.12. The lowest BCUT2D eigenvalue weighted by molar-refractivity contribution is -0.116. The normalized spacial score (nSPS) is 10.9. The van der Waals surface area contributed by atoms with Gasteiger partial charge in [-0.25, -0.2) is 4.98 Å². The van der Waals surface area contributed by atoms with Crippen molar-refractivity contribution in [2.24, 2.45) is 0 Å². The van der Waals surface area contributed by atoms with Gasteiger partial charge in [0, 0.05) is 16.9 Å². The van der Waals surface area contributed by atoms with Crippen LogP contribution in [0.1, 0.15) is 50.0 Å². The van der Waals surface area contributed by atoms with E-state index in [0.717, 1.165) is 27.6 Å². The summed E-state index contributed by atoms with van der Waals surface area (Å²) >= 11 is 1.49. The van der Waals surface area contributed by atoms with Crippen molar-refractivity contribution in [1.29, 1.82) is 0 Å². The van der Waals surface area contributed by atoms with Gasteiger partial charge in [0.15, 0.2) is 5.13 Å². The predicted molar refractivity (Wildman–Crippen MR) is 127 cm³/mol. The summed E-state index contributed by atoms with van der Waals surface area (Å²) in [5, 5.41) is 3.53. The Bertz CT molecular complexity index is 979. The topological polar surface area (TPSA) is 60.5 Å². The molecule has 0 spiro atoms. The highest BCUT2D eigenvalue weighted by Gasteiger charge is 2.12. The number of rotatable bonds is 10. The van der Waals surface area contributed by atoms with Crippen LogP contribution < -0.4 is 14.8 Å². The van der Waals surface area contributed by atoms with Crippen LogP contribution in [0.15, 0.2) is 48.5 Å². The summed E-state index contributed by atoms with van der Waals surface area (Å²) in [6.07, 6.45) is 1.04. The van der Waals surface area contributed by atoms with Crippen LogP contribution >= 0.6 is 11.3 Å². The second-order valence-corrected chi connectivity index (χ2v) is 8.81. The Morgan fingerprint density at radius 3 is 2.32 bits per heavy atom. The van der Waals surface area contributed by atoms with Crippen molar-refractivity contribution >= 4 is 22.4 Å². The van der Waals surface area contributed by atoms with Crippen molar-refractivity contribution < 1.29 is 14.3 Å². The van der Waals surface area contributed by atoms with Gasteiger partial charge in [0.2, 0.25) is 5.91 Å². The molecule has 0 radical (unpaired) electrons. The van der Waals surface area contributed by atoms with E-state index in [2.05, 4.69) is 36.3 Å². The molecule has 0 saturated heterocycles. The Labute approximate surface area is 188 Å². The number of aromatic nitrogens is 1.